The summed E-state index contributed by atoms with van der Waals surface area (Å²) in [6.45, 7) is 2.36. The van der Waals surface area contributed by atoms with Crippen LogP contribution in [0.5, 0.6) is 0 Å². The van der Waals surface area contributed by atoms with Crippen molar-refractivity contribution in [3.63, 3.8) is 0 Å². The summed E-state index contributed by atoms with van der Waals surface area (Å²) in [5.74, 6) is -0.226. The van der Waals surface area contributed by atoms with Gasteiger partial charge in [0.1, 0.15) is 5.82 Å². The molecular weight excluding hydrogens is 231 g/mol. The summed E-state index contributed by atoms with van der Waals surface area (Å²) in [6, 6.07) is 6.41. The molecule has 1 aromatic carbocycles. The fraction of sp³-hybridized carbons (Fsp3) is 0.571. The maximum absolute atomic E-state index is 13.6. The summed E-state index contributed by atoms with van der Waals surface area (Å²) in [6.07, 6.45) is 2.56. The fourth-order valence-electron chi connectivity index (χ4n) is 2.42. The van der Waals surface area contributed by atoms with Crippen LogP contribution in [-0.4, -0.2) is 37.7 Å². The quantitative estimate of drug-likeness (QED) is 0.870. The SMILES string of the molecule is CN(CC1CCCO1)CC(N)c1ccccc1F. The lowest BCUT2D eigenvalue weighted by molar-refractivity contribution is 0.0795. The number of ether oxygens (including phenoxy) is 1. The third-order valence-electron chi connectivity index (χ3n) is 3.35. The first kappa shape index (κ1) is 13.5. The Labute approximate surface area is 108 Å². The van der Waals surface area contributed by atoms with E-state index in [0.29, 0.717) is 18.2 Å². The molecule has 1 aliphatic heterocycles. The van der Waals surface area contributed by atoms with Gasteiger partial charge in [-0.15, -0.1) is 0 Å². The first-order valence-corrected chi connectivity index (χ1v) is 6.47. The van der Waals surface area contributed by atoms with Gasteiger partial charge < -0.3 is 15.4 Å². The minimum atomic E-state index is -0.294. The van der Waals surface area contributed by atoms with Gasteiger partial charge in [0.15, 0.2) is 0 Å². The van der Waals surface area contributed by atoms with Crippen molar-refractivity contribution >= 4 is 0 Å². The van der Waals surface area contributed by atoms with Crippen molar-refractivity contribution in [3.05, 3.63) is 35.6 Å². The van der Waals surface area contributed by atoms with E-state index in [2.05, 4.69) is 4.90 Å². The van der Waals surface area contributed by atoms with E-state index in [-0.39, 0.29) is 11.9 Å². The number of nitrogens with zero attached hydrogens (tertiary/aromatic N) is 1. The lowest BCUT2D eigenvalue weighted by atomic mass is 10.1. The molecule has 4 heteroatoms. The van der Waals surface area contributed by atoms with Crippen LogP contribution < -0.4 is 5.73 Å². The van der Waals surface area contributed by atoms with Crippen molar-refractivity contribution in [2.75, 3.05) is 26.7 Å². The van der Waals surface area contributed by atoms with E-state index >= 15 is 0 Å². The van der Waals surface area contributed by atoms with Crippen LogP contribution in [0.15, 0.2) is 24.3 Å². The molecule has 18 heavy (non-hydrogen) atoms. The Hall–Kier alpha value is -0.970. The van der Waals surface area contributed by atoms with Crippen LogP contribution in [0.4, 0.5) is 4.39 Å². The van der Waals surface area contributed by atoms with Gasteiger partial charge in [-0.1, -0.05) is 18.2 Å². The topological polar surface area (TPSA) is 38.5 Å². The molecule has 100 valence electrons. The van der Waals surface area contributed by atoms with Gasteiger partial charge in [0.25, 0.3) is 0 Å². The van der Waals surface area contributed by atoms with Crippen LogP contribution in [0.2, 0.25) is 0 Å². The number of hydrogen-bond donors (Lipinski definition) is 1. The summed E-state index contributed by atoms with van der Waals surface area (Å²) in [5.41, 5.74) is 6.63. The number of rotatable bonds is 5. The average molecular weight is 252 g/mol. The highest BCUT2D eigenvalue weighted by Gasteiger charge is 2.19. The van der Waals surface area contributed by atoms with Gasteiger partial charge in [0.2, 0.25) is 0 Å². The van der Waals surface area contributed by atoms with Crippen molar-refractivity contribution in [3.8, 4) is 0 Å². The van der Waals surface area contributed by atoms with Crippen LogP contribution in [0, 0.1) is 5.82 Å². The Balaban J connectivity index is 1.86. The van der Waals surface area contributed by atoms with Gasteiger partial charge in [-0.3, -0.25) is 0 Å². The van der Waals surface area contributed by atoms with E-state index in [0.717, 1.165) is 26.0 Å². The number of nitrogens with two attached hydrogens (primary N) is 1. The minimum Gasteiger partial charge on any atom is -0.377 e. The standard InChI is InChI=1S/C14H21FN2O/c1-17(9-11-5-4-8-18-11)10-14(16)12-6-2-3-7-13(12)15/h2-3,6-7,11,14H,4-5,8-10,16H2,1H3. The summed E-state index contributed by atoms with van der Waals surface area (Å²) < 4.78 is 19.2. The van der Waals surface area contributed by atoms with Crippen molar-refractivity contribution < 1.29 is 9.13 Å². The maximum atomic E-state index is 13.6. The van der Waals surface area contributed by atoms with Crippen molar-refractivity contribution in [2.45, 2.75) is 25.0 Å². The molecule has 2 N–H and O–H groups in total. The number of likely N-dealkylation sites (N-methyl/N-ethyl adjacent to an activating group) is 1. The van der Waals surface area contributed by atoms with E-state index in [4.69, 9.17) is 10.5 Å². The van der Waals surface area contributed by atoms with Gasteiger partial charge in [-0.25, -0.2) is 4.39 Å². The van der Waals surface area contributed by atoms with E-state index in [1.165, 1.54) is 6.07 Å². The van der Waals surface area contributed by atoms with Gasteiger partial charge in [0.05, 0.1) is 6.10 Å². The Bertz CT molecular complexity index is 380. The van der Waals surface area contributed by atoms with Crippen LogP contribution in [0.25, 0.3) is 0 Å². The molecule has 0 amide bonds. The Morgan fingerprint density at radius 1 is 1.50 bits per heavy atom. The minimum absolute atomic E-state index is 0.226. The highest BCUT2D eigenvalue weighted by molar-refractivity contribution is 5.21. The lowest BCUT2D eigenvalue weighted by Crippen LogP contribution is -2.35. The second-order valence-corrected chi connectivity index (χ2v) is 4.98. The summed E-state index contributed by atoms with van der Waals surface area (Å²) >= 11 is 0. The molecule has 1 fully saturated rings. The van der Waals surface area contributed by atoms with Crippen LogP contribution in [0.1, 0.15) is 24.4 Å². The third-order valence-corrected chi connectivity index (χ3v) is 3.35. The largest absolute Gasteiger partial charge is 0.377 e. The molecule has 0 radical (unpaired) electrons. The van der Waals surface area contributed by atoms with Gasteiger partial charge in [0, 0.05) is 31.3 Å². The second kappa shape index (κ2) is 6.27. The molecule has 1 saturated heterocycles. The molecule has 0 spiro atoms. The predicted molar refractivity (Wildman–Crippen MR) is 69.8 cm³/mol. The van der Waals surface area contributed by atoms with Gasteiger partial charge in [-0.2, -0.15) is 0 Å². The predicted octanol–water partition coefficient (Wildman–Crippen LogP) is 1.94. The molecular formula is C14H21FN2O. The van der Waals surface area contributed by atoms with Crippen LogP contribution >= 0.6 is 0 Å². The third kappa shape index (κ3) is 3.51. The molecule has 0 aromatic heterocycles. The zero-order valence-electron chi connectivity index (χ0n) is 10.8. The fourth-order valence-corrected chi connectivity index (χ4v) is 2.42. The maximum Gasteiger partial charge on any atom is 0.128 e. The molecule has 0 saturated carbocycles. The average Bonchev–Trinajstić information content (AvgIpc) is 2.82. The second-order valence-electron chi connectivity index (χ2n) is 4.98. The van der Waals surface area contributed by atoms with Crippen molar-refractivity contribution in [1.82, 2.24) is 4.90 Å². The molecule has 1 heterocycles. The first-order valence-electron chi connectivity index (χ1n) is 6.47. The van der Waals surface area contributed by atoms with E-state index in [1.54, 1.807) is 12.1 Å². The molecule has 2 atom stereocenters. The first-order chi connectivity index (χ1) is 8.66. The molecule has 0 aliphatic carbocycles. The monoisotopic (exact) mass is 252 g/mol. The Morgan fingerprint density at radius 2 is 2.28 bits per heavy atom. The normalized spacial score (nSPS) is 21.4. The van der Waals surface area contributed by atoms with Crippen molar-refractivity contribution in [1.29, 1.82) is 0 Å². The lowest BCUT2D eigenvalue weighted by Gasteiger charge is -2.24. The van der Waals surface area contributed by atoms with Crippen molar-refractivity contribution in [2.24, 2.45) is 5.73 Å². The molecule has 3 nitrogen and oxygen atoms in total. The summed E-state index contributed by atoms with van der Waals surface area (Å²) in [7, 11) is 2.00. The van der Waals surface area contributed by atoms with Gasteiger partial charge in [-0.05, 0) is 26.0 Å². The number of benzene rings is 1. The summed E-state index contributed by atoms with van der Waals surface area (Å²) in [5, 5.41) is 0. The van der Waals surface area contributed by atoms with E-state index < -0.39 is 0 Å². The Kier molecular flexibility index (Phi) is 4.69. The molecule has 1 aromatic rings. The van der Waals surface area contributed by atoms with Gasteiger partial charge >= 0.3 is 0 Å². The molecule has 0 bridgehead atoms. The zero-order valence-corrected chi connectivity index (χ0v) is 10.8. The zero-order chi connectivity index (χ0) is 13.0. The van der Waals surface area contributed by atoms with E-state index in [9.17, 15) is 4.39 Å². The molecule has 2 rings (SSSR count). The Morgan fingerprint density at radius 3 is 2.94 bits per heavy atom. The van der Waals surface area contributed by atoms with E-state index in [1.807, 2.05) is 13.1 Å². The highest BCUT2D eigenvalue weighted by Crippen LogP contribution is 2.17. The summed E-state index contributed by atoms with van der Waals surface area (Å²) in [4.78, 5) is 2.12. The number of hydrogen-bond acceptors (Lipinski definition) is 3. The molecule has 1 aliphatic rings. The van der Waals surface area contributed by atoms with Crippen LogP contribution in [0.3, 0.4) is 0 Å². The smallest absolute Gasteiger partial charge is 0.128 e. The number of halogens is 1. The molecule has 2 unspecified atom stereocenters. The van der Waals surface area contributed by atoms with Crippen LogP contribution in [-0.2, 0) is 4.74 Å². The highest BCUT2D eigenvalue weighted by atomic mass is 19.1.